The standard InChI is InChI=1S/C16H14ClNO3/c17-14-10-12(18(19)20)8-9-16(14)21-15-7-3-5-11-4-1-2-6-13(11)15/h3,5,7-10H,1-2,4,6H2. The normalized spacial score (nSPS) is 13.6. The Kier molecular flexibility index (Phi) is 3.80. The van der Waals surface area contributed by atoms with Gasteiger partial charge in [-0.05, 0) is 48.9 Å². The molecule has 0 heterocycles. The van der Waals surface area contributed by atoms with Crippen molar-refractivity contribution in [2.24, 2.45) is 0 Å². The second kappa shape index (κ2) is 5.74. The van der Waals surface area contributed by atoms with Gasteiger partial charge < -0.3 is 4.74 Å². The third-order valence-electron chi connectivity index (χ3n) is 3.70. The summed E-state index contributed by atoms with van der Waals surface area (Å²) < 4.78 is 5.89. The van der Waals surface area contributed by atoms with Crippen molar-refractivity contribution >= 4 is 17.3 Å². The molecule has 0 spiro atoms. The Balaban J connectivity index is 1.92. The quantitative estimate of drug-likeness (QED) is 0.597. The Morgan fingerprint density at radius 1 is 1.10 bits per heavy atom. The lowest BCUT2D eigenvalue weighted by atomic mass is 9.91. The molecule has 0 amide bonds. The molecule has 0 fully saturated rings. The average molecular weight is 304 g/mol. The van der Waals surface area contributed by atoms with Crippen molar-refractivity contribution in [3.05, 3.63) is 62.7 Å². The molecule has 1 aliphatic carbocycles. The number of hydrogen-bond donors (Lipinski definition) is 0. The maximum atomic E-state index is 10.7. The van der Waals surface area contributed by atoms with Gasteiger partial charge >= 0.3 is 0 Å². The van der Waals surface area contributed by atoms with E-state index in [1.54, 1.807) is 6.07 Å². The van der Waals surface area contributed by atoms with Crippen LogP contribution in [0.2, 0.25) is 5.02 Å². The largest absolute Gasteiger partial charge is 0.455 e. The minimum atomic E-state index is -0.472. The first-order chi connectivity index (χ1) is 10.1. The summed E-state index contributed by atoms with van der Waals surface area (Å²) >= 11 is 6.08. The lowest BCUT2D eigenvalue weighted by Gasteiger charge is -2.19. The van der Waals surface area contributed by atoms with Crippen LogP contribution in [-0.2, 0) is 12.8 Å². The first kappa shape index (κ1) is 13.9. The molecule has 0 saturated heterocycles. The minimum absolute atomic E-state index is 0.0394. The fourth-order valence-corrected chi connectivity index (χ4v) is 2.86. The number of aryl methyl sites for hydroxylation is 1. The van der Waals surface area contributed by atoms with Gasteiger partial charge in [-0.3, -0.25) is 10.1 Å². The monoisotopic (exact) mass is 303 g/mol. The summed E-state index contributed by atoms with van der Waals surface area (Å²) in [6, 6.07) is 10.3. The molecule has 21 heavy (non-hydrogen) atoms. The van der Waals surface area contributed by atoms with Crippen molar-refractivity contribution in [3.8, 4) is 11.5 Å². The van der Waals surface area contributed by atoms with E-state index in [2.05, 4.69) is 6.07 Å². The zero-order valence-corrected chi connectivity index (χ0v) is 12.1. The Hall–Kier alpha value is -2.07. The average Bonchev–Trinajstić information content (AvgIpc) is 2.49. The summed E-state index contributed by atoms with van der Waals surface area (Å²) in [4.78, 5) is 10.2. The van der Waals surface area contributed by atoms with Gasteiger partial charge in [0.15, 0.2) is 0 Å². The van der Waals surface area contributed by atoms with E-state index in [1.165, 1.54) is 29.7 Å². The zero-order chi connectivity index (χ0) is 14.8. The van der Waals surface area contributed by atoms with Crippen molar-refractivity contribution in [1.82, 2.24) is 0 Å². The SMILES string of the molecule is O=[N+]([O-])c1ccc(Oc2cccc3c2CCCC3)c(Cl)c1. The van der Waals surface area contributed by atoms with E-state index in [-0.39, 0.29) is 10.7 Å². The number of nitro groups is 1. The highest BCUT2D eigenvalue weighted by Crippen LogP contribution is 2.36. The Morgan fingerprint density at radius 3 is 2.67 bits per heavy atom. The molecule has 2 aromatic carbocycles. The van der Waals surface area contributed by atoms with Crippen LogP contribution in [0.15, 0.2) is 36.4 Å². The molecule has 0 atom stereocenters. The van der Waals surface area contributed by atoms with Crippen LogP contribution < -0.4 is 4.74 Å². The molecular formula is C16H14ClNO3. The van der Waals surface area contributed by atoms with Crippen molar-refractivity contribution in [1.29, 1.82) is 0 Å². The number of nitrogens with zero attached hydrogens (tertiary/aromatic N) is 1. The van der Waals surface area contributed by atoms with Gasteiger partial charge in [0, 0.05) is 12.1 Å². The second-order valence-corrected chi connectivity index (χ2v) is 5.48. The van der Waals surface area contributed by atoms with Crippen molar-refractivity contribution < 1.29 is 9.66 Å². The van der Waals surface area contributed by atoms with Gasteiger partial charge in [0.05, 0.1) is 9.95 Å². The van der Waals surface area contributed by atoms with Gasteiger partial charge in [-0.1, -0.05) is 23.7 Å². The van der Waals surface area contributed by atoms with E-state index < -0.39 is 4.92 Å². The highest BCUT2D eigenvalue weighted by molar-refractivity contribution is 6.32. The molecule has 108 valence electrons. The number of benzene rings is 2. The zero-order valence-electron chi connectivity index (χ0n) is 11.3. The number of ether oxygens (including phenoxy) is 1. The Labute approximate surface area is 127 Å². The topological polar surface area (TPSA) is 52.4 Å². The van der Waals surface area contributed by atoms with E-state index in [0.717, 1.165) is 25.0 Å². The fourth-order valence-electron chi connectivity index (χ4n) is 2.65. The van der Waals surface area contributed by atoms with E-state index in [0.29, 0.717) is 5.75 Å². The van der Waals surface area contributed by atoms with Crippen LogP contribution in [0, 0.1) is 10.1 Å². The predicted molar refractivity (Wildman–Crippen MR) is 81.3 cm³/mol. The molecule has 5 heteroatoms. The molecule has 0 bridgehead atoms. The molecule has 0 unspecified atom stereocenters. The van der Waals surface area contributed by atoms with Crippen LogP contribution in [0.25, 0.3) is 0 Å². The molecule has 3 rings (SSSR count). The summed E-state index contributed by atoms with van der Waals surface area (Å²) in [6.07, 6.45) is 4.42. The summed E-state index contributed by atoms with van der Waals surface area (Å²) in [5.41, 5.74) is 2.50. The summed E-state index contributed by atoms with van der Waals surface area (Å²) in [7, 11) is 0. The maximum absolute atomic E-state index is 10.7. The van der Waals surface area contributed by atoms with Crippen LogP contribution >= 0.6 is 11.6 Å². The van der Waals surface area contributed by atoms with E-state index in [1.807, 2.05) is 12.1 Å². The van der Waals surface area contributed by atoms with Crippen LogP contribution in [0.1, 0.15) is 24.0 Å². The summed E-state index contributed by atoms with van der Waals surface area (Å²) in [6.45, 7) is 0. The number of nitro benzene ring substituents is 1. The molecule has 0 aromatic heterocycles. The van der Waals surface area contributed by atoms with Crippen LogP contribution in [0.5, 0.6) is 11.5 Å². The number of non-ortho nitro benzene ring substituents is 1. The number of halogens is 1. The lowest BCUT2D eigenvalue weighted by molar-refractivity contribution is -0.384. The van der Waals surface area contributed by atoms with Gasteiger partial charge in [-0.2, -0.15) is 0 Å². The van der Waals surface area contributed by atoms with Gasteiger partial charge in [0.25, 0.3) is 5.69 Å². The number of fused-ring (bicyclic) bond motifs is 1. The van der Waals surface area contributed by atoms with E-state index in [9.17, 15) is 10.1 Å². The highest BCUT2D eigenvalue weighted by atomic mass is 35.5. The first-order valence-corrected chi connectivity index (χ1v) is 7.25. The molecular weight excluding hydrogens is 290 g/mol. The van der Waals surface area contributed by atoms with Gasteiger partial charge in [-0.25, -0.2) is 0 Å². The van der Waals surface area contributed by atoms with Crippen molar-refractivity contribution in [2.45, 2.75) is 25.7 Å². The molecule has 1 aliphatic rings. The number of hydrogen-bond acceptors (Lipinski definition) is 3. The third kappa shape index (κ3) is 2.85. The van der Waals surface area contributed by atoms with Gasteiger partial charge in [0.2, 0.25) is 0 Å². The smallest absolute Gasteiger partial charge is 0.271 e. The highest BCUT2D eigenvalue weighted by Gasteiger charge is 2.16. The van der Waals surface area contributed by atoms with Gasteiger partial charge in [-0.15, -0.1) is 0 Å². The van der Waals surface area contributed by atoms with Crippen LogP contribution in [-0.4, -0.2) is 4.92 Å². The Morgan fingerprint density at radius 2 is 1.90 bits per heavy atom. The fraction of sp³-hybridized carbons (Fsp3) is 0.250. The second-order valence-electron chi connectivity index (χ2n) is 5.07. The van der Waals surface area contributed by atoms with Crippen molar-refractivity contribution in [2.75, 3.05) is 0 Å². The molecule has 2 aromatic rings. The molecule has 0 saturated carbocycles. The predicted octanol–water partition coefficient (Wildman–Crippen LogP) is 4.92. The third-order valence-corrected chi connectivity index (χ3v) is 3.99. The van der Waals surface area contributed by atoms with Crippen LogP contribution in [0.4, 0.5) is 5.69 Å². The van der Waals surface area contributed by atoms with Crippen molar-refractivity contribution in [3.63, 3.8) is 0 Å². The minimum Gasteiger partial charge on any atom is -0.455 e. The van der Waals surface area contributed by atoms with E-state index >= 15 is 0 Å². The Bertz CT molecular complexity index is 700. The molecule has 0 N–H and O–H groups in total. The molecule has 4 nitrogen and oxygen atoms in total. The van der Waals surface area contributed by atoms with Gasteiger partial charge in [0.1, 0.15) is 11.5 Å². The van der Waals surface area contributed by atoms with Crippen LogP contribution in [0.3, 0.4) is 0 Å². The number of rotatable bonds is 3. The maximum Gasteiger partial charge on any atom is 0.271 e. The summed E-state index contributed by atoms with van der Waals surface area (Å²) in [5.74, 6) is 1.24. The molecule has 0 radical (unpaired) electrons. The molecule has 0 aliphatic heterocycles. The lowest BCUT2D eigenvalue weighted by Crippen LogP contribution is -2.04. The first-order valence-electron chi connectivity index (χ1n) is 6.88. The summed E-state index contributed by atoms with van der Waals surface area (Å²) in [5, 5.41) is 11.0. The van der Waals surface area contributed by atoms with E-state index in [4.69, 9.17) is 16.3 Å².